The summed E-state index contributed by atoms with van der Waals surface area (Å²) in [4.78, 5) is 0. The summed E-state index contributed by atoms with van der Waals surface area (Å²) in [6, 6.07) is 6.29. The lowest BCUT2D eigenvalue weighted by Crippen LogP contribution is -2.09. The molecule has 0 aliphatic rings. The molecule has 0 saturated carbocycles. The van der Waals surface area contributed by atoms with Crippen molar-refractivity contribution in [2.24, 2.45) is 0 Å². The molecule has 0 aliphatic carbocycles. The minimum atomic E-state index is 0.0308. The van der Waals surface area contributed by atoms with Gasteiger partial charge in [0.1, 0.15) is 5.75 Å². The molecule has 1 rings (SSSR count). The Morgan fingerprint density at radius 2 is 1.19 bits per heavy atom. The maximum absolute atomic E-state index is 6.06. The highest BCUT2D eigenvalue weighted by Crippen LogP contribution is 2.35. The fourth-order valence-corrected chi connectivity index (χ4v) is 3.21. The predicted molar refractivity (Wildman–Crippen MR) is 110 cm³/mol. The highest BCUT2D eigenvalue weighted by molar-refractivity contribution is 5.44. The number of methoxy groups -OCH3 is 1. The van der Waals surface area contributed by atoms with Crippen molar-refractivity contribution in [3.8, 4) is 5.75 Å². The minimum Gasteiger partial charge on any atom is -0.496 e. The van der Waals surface area contributed by atoms with E-state index >= 15 is 0 Å². The molecule has 1 aromatic rings. The van der Waals surface area contributed by atoms with Gasteiger partial charge in [-0.1, -0.05) is 70.6 Å². The molecule has 0 fully saturated rings. The van der Waals surface area contributed by atoms with E-state index in [1.54, 1.807) is 7.11 Å². The zero-order valence-electron chi connectivity index (χ0n) is 17.7. The topological polar surface area (TPSA) is 27.7 Å². The molecule has 2 atom stereocenters. The summed E-state index contributed by atoms with van der Waals surface area (Å²) in [5.41, 5.74) is 2.23. The molecular weight excluding hydrogens is 324 g/mol. The molecule has 0 bridgehead atoms. The Bertz CT molecular complexity index is 434. The number of hydrogen-bond donors (Lipinski definition) is 0. The van der Waals surface area contributed by atoms with Crippen LogP contribution in [0.5, 0.6) is 5.75 Å². The first-order chi connectivity index (χ1) is 12.7. The van der Waals surface area contributed by atoms with Gasteiger partial charge in [-0.05, 0) is 26.7 Å². The van der Waals surface area contributed by atoms with Gasteiger partial charge in [-0.2, -0.15) is 0 Å². The Morgan fingerprint density at radius 3 is 1.58 bits per heavy atom. The summed E-state index contributed by atoms with van der Waals surface area (Å²) in [6.45, 7) is 10.3. The van der Waals surface area contributed by atoms with Crippen molar-refractivity contribution in [2.75, 3.05) is 20.3 Å². The van der Waals surface area contributed by atoms with E-state index in [-0.39, 0.29) is 12.2 Å². The summed E-state index contributed by atoms with van der Waals surface area (Å²) in [5, 5.41) is 0. The standard InChI is InChI=1S/C23H40O3/c1-6-8-10-12-17-25-19(3)21-15-14-16-22(23(21)24-5)20(4)26-18-13-11-9-7-2/h14-16,19-20H,6-13,17-18H2,1-5H3. The van der Waals surface area contributed by atoms with Crippen molar-refractivity contribution >= 4 is 0 Å². The quantitative estimate of drug-likeness (QED) is 0.313. The number of rotatable bonds is 15. The molecule has 26 heavy (non-hydrogen) atoms. The average molecular weight is 365 g/mol. The van der Waals surface area contributed by atoms with Crippen molar-refractivity contribution in [3.05, 3.63) is 29.3 Å². The largest absolute Gasteiger partial charge is 0.496 e. The molecule has 0 aliphatic heterocycles. The molecule has 1 aromatic carbocycles. The van der Waals surface area contributed by atoms with Crippen molar-refractivity contribution in [1.29, 1.82) is 0 Å². The van der Waals surface area contributed by atoms with Gasteiger partial charge in [0.2, 0.25) is 0 Å². The van der Waals surface area contributed by atoms with E-state index in [4.69, 9.17) is 14.2 Å². The molecular formula is C23H40O3. The normalized spacial score (nSPS) is 13.6. The first-order valence-electron chi connectivity index (χ1n) is 10.6. The zero-order valence-corrected chi connectivity index (χ0v) is 17.7. The summed E-state index contributed by atoms with van der Waals surface area (Å²) < 4.78 is 17.9. The van der Waals surface area contributed by atoms with Crippen LogP contribution in [0, 0.1) is 0 Å². The van der Waals surface area contributed by atoms with Crippen molar-refractivity contribution in [3.63, 3.8) is 0 Å². The molecule has 2 unspecified atom stereocenters. The van der Waals surface area contributed by atoms with Crippen LogP contribution in [0.1, 0.15) is 102 Å². The molecule has 0 aromatic heterocycles. The fourth-order valence-electron chi connectivity index (χ4n) is 3.21. The van der Waals surface area contributed by atoms with E-state index in [2.05, 4.69) is 45.9 Å². The van der Waals surface area contributed by atoms with E-state index in [0.717, 1.165) is 42.9 Å². The van der Waals surface area contributed by atoms with Crippen molar-refractivity contribution in [1.82, 2.24) is 0 Å². The second kappa shape index (κ2) is 14.1. The van der Waals surface area contributed by atoms with Crippen molar-refractivity contribution in [2.45, 2.75) is 91.3 Å². The Labute approximate surface area is 161 Å². The van der Waals surface area contributed by atoms with Crippen LogP contribution in [0.2, 0.25) is 0 Å². The lowest BCUT2D eigenvalue weighted by Gasteiger charge is -2.22. The van der Waals surface area contributed by atoms with Crippen LogP contribution in [0.25, 0.3) is 0 Å². The van der Waals surface area contributed by atoms with Gasteiger partial charge in [-0.3, -0.25) is 0 Å². The summed E-state index contributed by atoms with van der Waals surface area (Å²) >= 11 is 0. The Hall–Kier alpha value is -1.06. The molecule has 0 amide bonds. The highest BCUT2D eigenvalue weighted by Gasteiger charge is 2.19. The van der Waals surface area contributed by atoms with Gasteiger partial charge in [0, 0.05) is 24.3 Å². The van der Waals surface area contributed by atoms with Gasteiger partial charge in [0.15, 0.2) is 0 Å². The lowest BCUT2D eigenvalue weighted by atomic mass is 10.0. The summed E-state index contributed by atoms with van der Waals surface area (Å²) in [5.74, 6) is 0.912. The van der Waals surface area contributed by atoms with Gasteiger partial charge < -0.3 is 14.2 Å². The third-order valence-electron chi connectivity index (χ3n) is 4.89. The molecule has 0 spiro atoms. The highest BCUT2D eigenvalue weighted by atomic mass is 16.5. The summed E-state index contributed by atoms with van der Waals surface area (Å²) in [7, 11) is 1.74. The molecule has 0 saturated heterocycles. The second-order valence-corrected chi connectivity index (χ2v) is 7.12. The second-order valence-electron chi connectivity index (χ2n) is 7.12. The van der Waals surface area contributed by atoms with Gasteiger partial charge in [0.05, 0.1) is 19.3 Å². The fraction of sp³-hybridized carbons (Fsp3) is 0.739. The monoisotopic (exact) mass is 364 g/mol. The Balaban J connectivity index is 2.63. The maximum atomic E-state index is 6.06. The number of unbranched alkanes of at least 4 members (excludes halogenated alkanes) is 6. The first-order valence-corrected chi connectivity index (χ1v) is 10.6. The third kappa shape index (κ3) is 8.09. The number of ether oxygens (including phenoxy) is 3. The van der Waals surface area contributed by atoms with Crippen LogP contribution in [-0.4, -0.2) is 20.3 Å². The number of para-hydroxylation sites is 1. The smallest absolute Gasteiger partial charge is 0.130 e. The molecule has 0 N–H and O–H groups in total. The van der Waals surface area contributed by atoms with E-state index < -0.39 is 0 Å². The van der Waals surface area contributed by atoms with Crippen LogP contribution < -0.4 is 4.74 Å². The van der Waals surface area contributed by atoms with E-state index in [1.807, 2.05) is 0 Å². The van der Waals surface area contributed by atoms with Crippen LogP contribution in [-0.2, 0) is 9.47 Å². The van der Waals surface area contributed by atoms with E-state index in [0.29, 0.717) is 0 Å². The minimum absolute atomic E-state index is 0.0308. The maximum Gasteiger partial charge on any atom is 0.130 e. The number of benzene rings is 1. The summed E-state index contributed by atoms with van der Waals surface area (Å²) in [6.07, 6.45) is 9.85. The van der Waals surface area contributed by atoms with Crippen LogP contribution in [0.4, 0.5) is 0 Å². The van der Waals surface area contributed by atoms with Gasteiger partial charge in [0.25, 0.3) is 0 Å². The van der Waals surface area contributed by atoms with Gasteiger partial charge in [-0.15, -0.1) is 0 Å². The Morgan fingerprint density at radius 1 is 0.731 bits per heavy atom. The molecule has 3 heteroatoms. The molecule has 0 radical (unpaired) electrons. The van der Waals surface area contributed by atoms with Crippen LogP contribution in [0.3, 0.4) is 0 Å². The van der Waals surface area contributed by atoms with Crippen molar-refractivity contribution < 1.29 is 14.2 Å². The Kier molecular flexibility index (Phi) is 12.4. The molecule has 150 valence electrons. The van der Waals surface area contributed by atoms with Crippen LogP contribution in [0.15, 0.2) is 18.2 Å². The third-order valence-corrected chi connectivity index (χ3v) is 4.89. The van der Waals surface area contributed by atoms with Gasteiger partial charge in [-0.25, -0.2) is 0 Å². The first kappa shape index (κ1) is 23.0. The predicted octanol–water partition coefficient (Wildman–Crippen LogP) is 7.01. The SMILES string of the molecule is CCCCCCOC(C)c1cccc(C(C)OCCCCCC)c1OC. The molecule has 0 heterocycles. The van der Waals surface area contributed by atoms with E-state index in [1.165, 1.54) is 38.5 Å². The lowest BCUT2D eigenvalue weighted by molar-refractivity contribution is 0.0552. The van der Waals surface area contributed by atoms with Gasteiger partial charge >= 0.3 is 0 Å². The zero-order chi connectivity index (χ0) is 19.2. The molecule has 3 nitrogen and oxygen atoms in total. The van der Waals surface area contributed by atoms with Crippen LogP contribution >= 0.6 is 0 Å². The van der Waals surface area contributed by atoms with E-state index in [9.17, 15) is 0 Å². The average Bonchev–Trinajstić information content (AvgIpc) is 2.66. The number of hydrogen-bond acceptors (Lipinski definition) is 3.